The summed E-state index contributed by atoms with van der Waals surface area (Å²) in [6.45, 7) is 5.59. The Morgan fingerprint density at radius 2 is 1.90 bits per heavy atom. The number of nitrogens with zero attached hydrogens (tertiary/aromatic N) is 6. The average Bonchev–Trinajstić information content (AvgIpc) is 3.66. The summed E-state index contributed by atoms with van der Waals surface area (Å²) in [6, 6.07) is 8.43. The summed E-state index contributed by atoms with van der Waals surface area (Å²) >= 11 is 0. The first-order valence-corrected chi connectivity index (χ1v) is 12.9. The zero-order valence-corrected chi connectivity index (χ0v) is 21.7. The Morgan fingerprint density at radius 1 is 1.10 bits per heavy atom. The molecule has 1 fully saturated rings. The second-order valence-corrected chi connectivity index (χ2v) is 10.00. The van der Waals surface area contributed by atoms with Crippen molar-refractivity contribution in [3.8, 4) is 17.0 Å². The van der Waals surface area contributed by atoms with Crippen molar-refractivity contribution in [2.45, 2.75) is 58.2 Å². The van der Waals surface area contributed by atoms with E-state index in [4.69, 9.17) is 20.6 Å². The number of nitrogens with two attached hydrogens (primary N) is 1. The van der Waals surface area contributed by atoms with E-state index in [9.17, 15) is 13.6 Å². The Bertz CT molecular complexity index is 1790. The summed E-state index contributed by atoms with van der Waals surface area (Å²) in [5, 5.41) is 5.28. The molecule has 0 spiro atoms. The van der Waals surface area contributed by atoms with Gasteiger partial charge in [-0.3, -0.25) is 9.36 Å². The lowest BCUT2D eigenvalue weighted by Gasteiger charge is -2.21. The zero-order chi connectivity index (χ0) is 27.4. The molecule has 1 aliphatic carbocycles. The molecule has 1 saturated carbocycles. The second-order valence-electron chi connectivity index (χ2n) is 10.00. The molecule has 0 bridgehead atoms. The predicted octanol–water partition coefficient (Wildman–Crippen LogP) is 5.19. The number of halogens is 2. The van der Waals surface area contributed by atoms with E-state index in [1.165, 1.54) is 24.5 Å². The van der Waals surface area contributed by atoms with Gasteiger partial charge in [0.05, 0.1) is 17.0 Å². The summed E-state index contributed by atoms with van der Waals surface area (Å²) in [5.74, 6) is -0.352. The van der Waals surface area contributed by atoms with Gasteiger partial charge in [0, 0.05) is 11.6 Å². The monoisotopic (exact) mass is 531 g/mol. The van der Waals surface area contributed by atoms with Gasteiger partial charge in [-0.05, 0) is 63.4 Å². The van der Waals surface area contributed by atoms with Crippen molar-refractivity contribution >= 4 is 27.8 Å². The van der Waals surface area contributed by atoms with Crippen LogP contribution in [0.4, 0.5) is 14.6 Å². The third-order valence-corrected chi connectivity index (χ3v) is 6.88. The lowest BCUT2D eigenvalue weighted by atomic mass is 10.1. The average molecular weight is 532 g/mol. The van der Waals surface area contributed by atoms with E-state index in [-0.39, 0.29) is 34.6 Å². The van der Waals surface area contributed by atoms with Crippen LogP contribution in [0, 0.1) is 11.6 Å². The molecule has 200 valence electrons. The third kappa shape index (κ3) is 4.18. The molecule has 1 atom stereocenters. The van der Waals surface area contributed by atoms with Crippen molar-refractivity contribution in [2.24, 2.45) is 0 Å². The lowest BCUT2D eigenvalue weighted by molar-refractivity contribution is 0.231. The topological polar surface area (TPSA) is 114 Å². The Kier molecular flexibility index (Phi) is 6.00. The molecule has 0 aliphatic heterocycles. The fourth-order valence-corrected chi connectivity index (χ4v) is 5.02. The first kappa shape index (κ1) is 24.9. The smallest absolute Gasteiger partial charge is 0.264 e. The normalized spacial score (nSPS) is 14.4. The molecule has 3 heterocycles. The molecule has 5 aromatic rings. The van der Waals surface area contributed by atoms with E-state index >= 15 is 0 Å². The van der Waals surface area contributed by atoms with Crippen LogP contribution < -0.4 is 16.0 Å². The number of ether oxygens (including phenoxy) is 1. The molecule has 2 N–H and O–H groups in total. The Hall–Kier alpha value is -4.41. The van der Waals surface area contributed by atoms with Crippen LogP contribution in [0.2, 0.25) is 0 Å². The standard InChI is InChI=1S/C28H27F2N7O2/c1-4-20(26-34-19-7-5-6-17(29)22(19)28(38)36(26)16-9-10-16)37-27-23(25(31)32-13-33-27)24(35-37)15-8-11-21(18(30)12-15)39-14(2)3/h5-8,11-14,16,20H,4,9-10H2,1-3H3,(H2,31,32,33). The van der Waals surface area contributed by atoms with Crippen molar-refractivity contribution < 1.29 is 13.5 Å². The molecule has 9 nitrogen and oxygen atoms in total. The van der Waals surface area contributed by atoms with Crippen LogP contribution in [0.5, 0.6) is 5.75 Å². The van der Waals surface area contributed by atoms with Crippen molar-refractivity contribution in [3.05, 3.63) is 70.5 Å². The van der Waals surface area contributed by atoms with Crippen LogP contribution in [0.25, 0.3) is 33.2 Å². The number of hydrogen-bond donors (Lipinski definition) is 1. The minimum absolute atomic E-state index is 0.0280. The second kappa shape index (κ2) is 9.40. The quantitative estimate of drug-likeness (QED) is 0.308. The summed E-state index contributed by atoms with van der Waals surface area (Å²) in [6.07, 6.45) is 3.25. The number of anilines is 1. The maximum absolute atomic E-state index is 15.0. The molecule has 1 unspecified atom stereocenters. The number of aromatic nitrogens is 6. The summed E-state index contributed by atoms with van der Waals surface area (Å²) in [4.78, 5) is 26.9. The van der Waals surface area contributed by atoms with Crippen LogP contribution >= 0.6 is 0 Å². The van der Waals surface area contributed by atoms with Crippen molar-refractivity contribution in [1.29, 1.82) is 0 Å². The van der Waals surface area contributed by atoms with Gasteiger partial charge < -0.3 is 10.5 Å². The van der Waals surface area contributed by atoms with Crippen LogP contribution in [-0.2, 0) is 0 Å². The molecular weight excluding hydrogens is 504 g/mol. The van der Waals surface area contributed by atoms with Gasteiger partial charge in [-0.25, -0.2) is 28.4 Å². The third-order valence-electron chi connectivity index (χ3n) is 6.88. The summed E-state index contributed by atoms with van der Waals surface area (Å²) < 4.78 is 38.4. The number of rotatable bonds is 7. The summed E-state index contributed by atoms with van der Waals surface area (Å²) in [5.41, 5.74) is 7.43. The van der Waals surface area contributed by atoms with Crippen molar-refractivity contribution in [3.63, 3.8) is 0 Å². The first-order valence-electron chi connectivity index (χ1n) is 12.9. The molecule has 0 radical (unpaired) electrons. The fourth-order valence-electron chi connectivity index (χ4n) is 5.02. The molecule has 39 heavy (non-hydrogen) atoms. The molecular formula is C28H27F2N7O2. The molecule has 0 saturated heterocycles. The van der Waals surface area contributed by atoms with E-state index < -0.39 is 23.2 Å². The number of benzene rings is 2. The van der Waals surface area contributed by atoms with Gasteiger partial charge in [0.15, 0.2) is 17.2 Å². The number of nitrogen functional groups attached to an aromatic ring is 1. The molecule has 11 heteroatoms. The minimum atomic E-state index is -0.599. The van der Waals surface area contributed by atoms with Crippen LogP contribution in [-0.4, -0.2) is 35.4 Å². The minimum Gasteiger partial charge on any atom is -0.488 e. The van der Waals surface area contributed by atoms with E-state index in [0.29, 0.717) is 34.5 Å². The largest absolute Gasteiger partial charge is 0.488 e. The number of hydrogen-bond acceptors (Lipinski definition) is 7. The highest BCUT2D eigenvalue weighted by atomic mass is 19.1. The van der Waals surface area contributed by atoms with E-state index in [1.807, 2.05) is 20.8 Å². The van der Waals surface area contributed by atoms with Crippen LogP contribution in [0.15, 0.2) is 47.5 Å². The highest BCUT2D eigenvalue weighted by Crippen LogP contribution is 2.39. The maximum Gasteiger partial charge on any atom is 0.264 e. The zero-order valence-electron chi connectivity index (χ0n) is 21.7. The highest BCUT2D eigenvalue weighted by molar-refractivity contribution is 5.98. The van der Waals surface area contributed by atoms with E-state index in [0.717, 1.165) is 12.8 Å². The van der Waals surface area contributed by atoms with Gasteiger partial charge in [0.1, 0.15) is 40.9 Å². The molecule has 6 rings (SSSR count). The van der Waals surface area contributed by atoms with Crippen LogP contribution in [0.1, 0.15) is 57.9 Å². The summed E-state index contributed by atoms with van der Waals surface area (Å²) in [7, 11) is 0. The SMILES string of the molecule is CCC(c1nc2cccc(F)c2c(=O)n1C1CC1)n1nc(-c2ccc(OC(C)C)c(F)c2)c2c(N)ncnc21. The number of fused-ring (bicyclic) bond motifs is 2. The molecule has 3 aromatic heterocycles. The van der Waals surface area contributed by atoms with Crippen molar-refractivity contribution in [2.75, 3.05) is 5.73 Å². The van der Waals surface area contributed by atoms with Crippen LogP contribution in [0.3, 0.4) is 0 Å². The first-order chi connectivity index (χ1) is 18.8. The van der Waals surface area contributed by atoms with Gasteiger partial charge in [-0.1, -0.05) is 13.0 Å². The molecule has 0 amide bonds. The molecule has 2 aromatic carbocycles. The Labute approximate surface area is 222 Å². The molecule has 1 aliphatic rings. The Morgan fingerprint density at radius 3 is 2.59 bits per heavy atom. The lowest BCUT2D eigenvalue weighted by Crippen LogP contribution is -2.29. The van der Waals surface area contributed by atoms with Crippen molar-refractivity contribution in [1.82, 2.24) is 29.3 Å². The van der Waals surface area contributed by atoms with Gasteiger partial charge >= 0.3 is 0 Å². The highest BCUT2D eigenvalue weighted by Gasteiger charge is 2.33. The van der Waals surface area contributed by atoms with E-state index in [2.05, 4.69) is 9.97 Å². The Balaban J connectivity index is 1.57. The van der Waals surface area contributed by atoms with Gasteiger partial charge in [-0.15, -0.1) is 0 Å². The van der Waals surface area contributed by atoms with Gasteiger partial charge in [-0.2, -0.15) is 5.10 Å². The van der Waals surface area contributed by atoms with Gasteiger partial charge in [0.25, 0.3) is 5.56 Å². The maximum atomic E-state index is 15.0. The van der Waals surface area contributed by atoms with E-state index in [1.54, 1.807) is 27.4 Å². The predicted molar refractivity (Wildman–Crippen MR) is 144 cm³/mol. The van der Waals surface area contributed by atoms with Gasteiger partial charge in [0.2, 0.25) is 0 Å². The fraction of sp³-hybridized carbons (Fsp3) is 0.321.